The maximum absolute atomic E-state index is 13.1. The highest BCUT2D eigenvalue weighted by Gasteiger charge is 2.28. The third kappa shape index (κ3) is 5.36. The number of nitriles is 1. The van der Waals surface area contributed by atoms with E-state index in [4.69, 9.17) is 22.6 Å². The highest BCUT2D eigenvalue weighted by molar-refractivity contribution is 7.89. The van der Waals surface area contributed by atoms with Crippen LogP contribution in [0.2, 0.25) is 5.02 Å². The van der Waals surface area contributed by atoms with E-state index >= 15 is 0 Å². The minimum absolute atomic E-state index is 0.0460. The van der Waals surface area contributed by atoms with E-state index in [1.165, 1.54) is 22.5 Å². The van der Waals surface area contributed by atoms with E-state index in [-0.39, 0.29) is 21.3 Å². The standard InChI is InChI=1S/C20H25ClN6O3S/c21-16-8-7-14(12-18(16)31(29,30)27-10-3-1-2-4-11-27)20(28)24-9-5-6-17-15(13-22)19(23)26-25-17/h7-8,12H,1-6,9-11H2,(H,24,28)(H3,23,25,26). The van der Waals surface area contributed by atoms with Crippen molar-refractivity contribution in [2.24, 2.45) is 0 Å². The molecule has 1 amide bonds. The highest BCUT2D eigenvalue weighted by atomic mass is 35.5. The smallest absolute Gasteiger partial charge is 0.251 e. The van der Waals surface area contributed by atoms with Gasteiger partial charge in [0.15, 0.2) is 5.82 Å². The van der Waals surface area contributed by atoms with Crippen molar-refractivity contribution in [3.63, 3.8) is 0 Å². The third-order valence-electron chi connectivity index (χ3n) is 5.25. The topological polar surface area (TPSA) is 145 Å². The molecule has 3 rings (SSSR count). The maximum Gasteiger partial charge on any atom is 0.251 e. The van der Waals surface area contributed by atoms with Gasteiger partial charge in [0.1, 0.15) is 16.5 Å². The van der Waals surface area contributed by atoms with Crippen LogP contribution in [0, 0.1) is 11.3 Å². The Kier molecular flexibility index (Phi) is 7.54. The molecule has 0 aliphatic carbocycles. The van der Waals surface area contributed by atoms with Gasteiger partial charge in [0.25, 0.3) is 5.91 Å². The number of amides is 1. The van der Waals surface area contributed by atoms with Crippen molar-refractivity contribution in [3.8, 4) is 6.07 Å². The number of aromatic nitrogens is 2. The molecule has 1 aromatic heterocycles. The zero-order valence-electron chi connectivity index (χ0n) is 17.0. The second kappa shape index (κ2) is 10.1. The van der Waals surface area contributed by atoms with Gasteiger partial charge in [-0.05, 0) is 43.9 Å². The molecule has 0 bridgehead atoms. The van der Waals surface area contributed by atoms with Gasteiger partial charge in [-0.1, -0.05) is 24.4 Å². The van der Waals surface area contributed by atoms with E-state index in [0.29, 0.717) is 43.7 Å². The number of benzene rings is 1. The second-order valence-electron chi connectivity index (χ2n) is 7.40. The van der Waals surface area contributed by atoms with Crippen molar-refractivity contribution < 1.29 is 13.2 Å². The average molecular weight is 465 g/mol. The van der Waals surface area contributed by atoms with Crippen LogP contribution < -0.4 is 11.1 Å². The zero-order valence-corrected chi connectivity index (χ0v) is 18.6. The molecule has 1 aliphatic heterocycles. The molecule has 0 spiro atoms. The van der Waals surface area contributed by atoms with E-state index in [2.05, 4.69) is 15.5 Å². The molecular formula is C20H25ClN6O3S. The largest absolute Gasteiger partial charge is 0.381 e. The number of nitrogen functional groups attached to an aromatic ring is 1. The minimum atomic E-state index is -3.77. The molecule has 1 fully saturated rings. The summed E-state index contributed by atoms with van der Waals surface area (Å²) in [6, 6.07) is 6.27. The fraction of sp³-hybridized carbons (Fsp3) is 0.450. The number of nitrogens with two attached hydrogens (primary N) is 1. The Morgan fingerprint density at radius 1 is 1.29 bits per heavy atom. The summed E-state index contributed by atoms with van der Waals surface area (Å²) in [6.07, 6.45) is 4.67. The molecule has 1 saturated heterocycles. The summed E-state index contributed by atoms with van der Waals surface area (Å²) in [6.45, 7) is 1.25. The van der Waals surface area contributed by atoms with Crippen LogP contribution in [0.4, 0.5) is 5.82 Å². The number of aromatic amines is 1. The van der Waals surface area contributed by atoms with Gasteiger partial charge >= 0.3 is 0 Å². The number of aryl methyl sites for hydroxylation is 1. The number of carbonyl (C=O) groups excluding carboxylic acids is 1. The van der Waals surface area contributed by atoms with Gasteiger partial charge in [0, 0.05) is 25.2 Å². The molecule has 4 N–H and O–H groups in total. The van der Waals surface area contributed by atoms with Crippen molar-refractivity contribution in [1.29, 1.82) is 5.26 Å². The molecular weight excluding hydrogens is 440 g/mol. The Bertz CT molecular complexity index is 1080. The minimum Gasteiger partial charge on any atom is -0.381 e. The normalized spacial score (nSPS) is 15.2. The maximum atomic E-state index is 13.1. The van der Waals surface area contributed by atoms with E-state index < -0.39 is 15.9 Å². The number of nitrogens with one attached hydrogen (secondary N) is 2. The first kappa shape index (κ1) is 23.1. The SMILES string of the molecule is N#Cc1c(N)n[nH]c1CCCNC(=O)c1ccc(Cl)c(S(=O)(=O)N2CCCCCC2)c1. The molecule has 0 atom stereocenters. The number of carbonyl (C=O) groups is 1. The van der Waals surface area contributed by atoms with Gasteiger partial charge in [-0.15, -0.1) is 0 Å². The van der Waals surface area contributed by atoms with Crippen LogP contribution in [0.5, 0.6) is 0 Å². The Labute approximate surface area is 186 Å². The van der Waals surface area contributed by atoms with E-state index in [9.17, 15) is 13.2 Å². The molecule has 2 aromatic rings. The summed E-state index contributed by atoms with van der Waals surface area (Å²) >= 11 is 6.19. The lowest BCUT2D eigenvalue weighted by Gasteiger charge is -2.21. The molecule has 9 nitrogen and oxygen atoms in total. The van der Waals surface area contributed by atoms with Gasteiger partial charge in [0.05, 0.1) is 10.7 Å². The van der Waals surface area contributed by atoms with E-state index in [0.717, 1.165) is 25.7 Å². The third-order valence-corrected chi connectivity index (χ3v) is 7.63. The molecule has 166 valence electrons. The van der Waals surface area contributed by atoms with E-state index in [1.54, 1.807) is 0 Å². The lowest BCUT2D eigenvalue weighted by molar-refractivity contribution is 0.0953. The van der Waals surface area contributed by atoms with Gasteiger partial charge in [-0.3, -0.25) is 9.89 Å². The molecule has 0 radical (unpaired) electrons. The molecule has 31 heavy (non-hydrogen) atoms. The number of hydrogen-bond acceptors (Lipinski definition) is 6. The number of sulfonamides is 1. The van der Waals surface area contributed by atoms with Gasteiger partial charge in [-0.25, -0.2) is 8.42 Å². The number of H-pyrrole nitrogens is 1. The molecule has 1 aliphatic rings. The van der Waals surface area contributed by atoms with Crippen molar-refractivity contribution in [2.45, 2.75) is 43.4 Å². The van der Waals surface area contributed by atoms with Gasteiger partial charge < -0.3 is 11.1 Å². The van der Waals surface area contributed by atoms with Gasteiger partial charge in [0.2, 0.25) is 10.0 Å². The Balaban J connectivity index is 1.65. The Morgan fingerprint density at radius 3 is 2.68 bits per heavy atom. The van der Waals surface area contributed by atoms with Crippen LogP contribution in [0.1, 0.15) is 53.7 Å². The molecule has 0 unspecified atom stereocenters. The van der Waals surface area contributed by atoms with Crippen LogP contribution in [-0.4, -0.2) is 48.5 Å². The summed E-state index contributed by atoms with van der Waals surface area (Å²) in [5, 5.41) is 18.5. The Morgan fingerprint density at radius 2 is 2.00 bits per heavy atom. The highest BCUT2D eigenvalue weighted by Crippen LogP contribution is 2.27. The first-order chi connectivity index (χ1) is 14.8. The number of anilines is 1. The second-order valence-corrected chi connectivity index (χ2v) is 9.71. The van der Waals surface area contributed by atoms with Gasteiger partial charge in [-0.2, -0.15) is 14.7 Å². The van der Waals surface area contributed by atoms with Crippen molar-refractivity contribution in [3.05, 3.63) is 40.0 Å². The number of rotatable bonds is 7. The summed E-state index contributed by atoms with van der Waals surface area (Å²) in [5.74, 6) is -0.241. The summed E-state index contributed by atoms with van der Waals surface area (Å²) < 4.78 is 27.6. The Hall–Kier alpha value is -2.61. The predicted molar refractivity (Wildman–Crippen MR) is 117 cm³/mol. The fourth-order valence-corrected chi connectivity index (χ4v) is 5.55. The lowest BCUT2D eigenvalue weighted by Crippen LogP contribution is -2.32. The molecule has 2 heterocycles. The van der Waals surface area contributed by atoms with E-state index in [1.807, 2.05) is 6.07 Å². The molecule has 0 saturated carbocycles. The van der Waals surface area contributed by atoms with Crippen LogP contribution in [0.25, 0.3) is 0 Å². The van der Waals surface area contributed by atoms with Crippen molar-refractivity contribution in [1.82, 2.24) is 19.8 Å². The quantitative estimate of drug-likeness (QED) is 0.536. The summed E-state index contributed by atoms with van der Waals surface area (Å²) in [5.41, 5.74) is 6.76. The van der Waals surface area contributed by atoms with Crippen LogP contribution in [0.3, 0.4) is 0 Å². The average Bonchev–Trinajstić information content (AvgIpc) is 2.94. The first-order valence-corrected chi connectivity index (χ1v) is 12.0. The number of nitrogens with zero attached hydrogens (tertiary/aromatic N) is 3. The number of hydrogen-bond donors (Lipinski definition) is 3. The molecule has 11 heteroatoms. The van der Waals surface area contributed by atoms with Crippen LogP contribution >= 0.6 is 11.6 Å². The van der Waals surface area contributed by atoms with Crippen molar-refractivity contribution in [2.75, 3.05) is 25.4 Å². The zero-order chi connectivity index (χ0) is 22.4. The van der Waals surface area contributed by atoms with Crippen molar-refractivity contribution >= 4 is 33.3 Å². The van der Waals surface area contributed by atoms with Crippen LogP contribution in [-0.2, 0) is 16.4 Å². The summed E-state index contributed by atoms with van der Waals surface area (Å²) in [7, 11) is -3.77. The first-order valence-electron chi connectivity index (χ1n) is 10.2. The van der Waals surface area contributed by atoms with Crippen LogP contribution in [0.15, 0.2) is 23.1 Å². The fourth-order valence-electron chi connectivity index (χ4n) is 3.53. The molecule has 1 aromatic carbocycles. The predicted octanol–water partition coefficient (Wildman–Crippen LogP) is 2.44. The monoisotopic (exact) mass is 464 g/mol. The lowest BCUT2D eigenvalue weighted by atomic mass is 10.1. The number of halogens is 1. The summed E-state index contributed by atoms with van der Waals surface area (Å²) in [4.78, 5) is 12.5.